The lowest BCUT2D eigenvalue weighted by Gasteiger charge is -2.37. The second-order valence-corrected chi connectivity index (χ2v) is 6.47. The van der Waals surface area contributed by atoms with Crippen molar-refractivity contribution in [1.82, 2.24) is 9.88 Å². The molecule has 144 valence electrons. The lowest BCUT2D eigenvalue weighted by atomic mass is 9.93. The van der Waals surface area contributed by atoms with E-state index in [1.54, 1.807) is 24.5 Å². The number of halogens is 3. The average Bonchev–Trinajstić information content (AvgIpc) is 2.66. The van der Waals surface area contributed by atoms with E-state index < -0.39 is 30.3 Å². The van der Waals surface area contributed by atoms with Gasteiger partial charge in [0.05, 0.1) is 6.54 Å². The minimum atomic E-state index is -3.02. The number of ether oxygens (including phenoxy) is 1. The lowest BCUT2D eigenvalue weighted by Crippen LogP contribution is -2.52. The Balaban J connectivity index is 1.49. The number of anilines is 1. The fourth-order valence-corrected chi connectivity index (χ4v) is 2.92. The highest BCUT2D eigenvalue weighted by molar-refractivity contribution is 5.68. The van der Waals surface area contributed by atoms with E-state index in [-0.39, 0.29) is 26.1 Å². The van der Waals surface area contributed by atoms with E-state index in [1.165, 1.54) is 24.3 Å². The van der Waals surface area contributed by atoms with Gasteiger partial charge >= 0.3 is 6.09 Å². The predicted molar refractivity (Wildman–Crippen MR) is 93.9 cm³/mol. The molecule has 27 heavy (non-hydrogen) atoms. The lowest BCUT2D eigenvalue weighted by molar-refractivity contribution is -0.101. The van der Waals surface area contributed by atoms with E-state index in [0.717, 1.165) is 10.6 Å². The molecule has 2 aromatic rings. The van der Waals surface area contributed by atoms with Crippen molar-refractivity contribution in [2.45, 2.75) is 19.0 Å². The summed E-state index contributed by atoms with van der Waals surface area (Å²) < 4.78 is 46.8. The molecule has 1 aromatic heterocycles. The number of carbonyl (C=O) groups excluding carboxylic acids is 1. The number of likely N-dealkylation sites (tertiary alicyclic amines) is 1. The van der Waals surface area contributed by atoms with Crippen molar-refractivity contribution < 1.29 is 22.7 Å². The summed E-state index contributed by atoms with van der Waals surface area (Å²) in [4.78, 5) is 17.0. The van der Waals surface area contributed by atoms with Crippen LogP contribution >= 0.6 is 0 Å². The van der Waals surface area contributed by atoms with E-state index in [0.29, 0.717) is 5.56 Å². The maximum atomic E-state index is 14.4. The summed E-state index contributed by atoms with van der Waals surface area (Å²) in [5, 5.41) is 2.98. The van der Waals surface area contributed by atoms with Crippen molar-refractivity contribution in [2.24, 2.45) is 5.92 Å². The number of pyridine rings is 1. The number of nitrogens with zero attached hydrogens (tertiary/aromatic N) is 2. The topological polar surface area (TPSA) is 54.5 Å². The Labute approximate surface area is 155 Å². The van der Waals surface area contributed by atoms with Crippen LogP contribution in [-0.2, 0) is 11.3 Å². The van der Waals surface area contributed by atoms with Crippen LogP contribution in [0.25, 0.3) is 0 Å². The molecular weight excluding hydrogens is 359 g/mol. The molecule has 2 heterocycles. The minimum Gasteiger partial charge on any atom is -0.445 e. The average molecular weight is 379 g/mol. The monoisotopic (exact) mass is 379 g/mol. The highest BCUT2D eigenvalue weighted by atomic mass is 19.3. The molecule has 1 fully saturated rings. The van der Waals surface area contributed by atoms with E-state index in [4.69, 9.17) is 4.74 Å². The van der Waals surface area contributed by atoms with Gasteiger partial charge < -0.3 is 15.0 Å². The number of nitrogens with one attached hydrogen (secondary N) is 1. The Bertz CT molecular complexity index is 757. The smallest absolute Gasteiger partial charge is 0.410 e. The molecule has 1 amide bonds. The van der Waals surface area contributed by atoms with Gasteiger partial charge in [-0.25, -0.2) is 18.0 Å². The molecule has 1 aliphatic heterocycles. The quantitative estimate of drug-likeness (QED) is 0.855. The molecule has 0 spiro atoms. The Morgan fingerprint density at radius 1 is 1.22 bits per heavy atom. The van der Waals surface area contributed by atoms with Gasteiger partial charge in [-0.1, -0.05) is 12.1 Å². The molecule has 0 radical (unpaired) electrons. The highest BCUT2D eigenvalue weighted by Crippen LogP contribution is 2.33. The zero-order valence-corrected chi connectivity index (χ0v) is 14.6. The zero-order chi connectivity index (χ0) is 19.3. The van der Waals surface area contributed by atoms with Crippen LogP contribution in [-0.4, -0.2) is 41.5 Å². The van der Waals surface area contributed by atoms with Crippen molar-refractivity contribution in [3.63, 3.8) is 0 Å². The number of hydrogen-bond acceptors (Lipinski definition) is 4. The standard InChI is InChI=1S/C19H20F3N3O2/c20-16-3-1-14(2-4-16)12-27-18(26)25-10-7-15(19(21,22)13-25)11-24-17-5-8-23-9-6-17/h1-6,8-9,15H,7,10-13H2,(H,23,24). The molecule has 1 aromatic carbocycles. The van der Waals surface area contributed by atoms with Gasteiger partial charge in [-0.05, 0) is 36.2 Å². The van der Waals surface area contributed by atoms with Crippen molar-refractivity contribution in [2.75, 3.05) is 25.0 Å². The van der Waals surface area contributed by atoms with Crippen LogP contribution in [0.3, 0.4) is 0 Å². The molecule has 8 heteroatoms. The number of benzene rings is 1. The second kappa shape index (κ2) is 8.28. The van der Waals surface area contributed by atoms with Crippen molar-refractivity contribution >= 4 is 11.8 Å². The Kier molecular flexibility index (Phi) is 5.83. The van der Waals surface area contributed by atoms with Gasteiger partial charge in [0.25, 0.3) is 5.92 Å². The minimum absolute atomic E-state index is 0.0891. The van der Waals surface area contributed by atoms with E-state index in [9.17, 15) is 18.0 Å². The van der Waals surface area contributed by atoms with Crippen molar-refractivity contribution in [3.8, 4) is 0 Å². The second-order valence-electron chi connectivity index (χ2n) is 6.47. The number of hydrogen-bond donors (Lipinski definition) is 1. The van der Waals surface area contributed by atoms with Crippen LogP contribution in [0.5, 0.6) is 0 Å². The molecule has 0 bridgehead atoms. The number of aromatic nitrogens is 1. The number of amides is 1. The van der Waals surface area contributed by atoms with E-state index in [2.05, 4.69) is 10.3 Å². The molecule has 0 saturated carbocycles. The first-order valence-electron chi connectivity index (χ1n) is 8.62. The Morgan fingerprint density at radius 2 is 1.93 bits per heavy atom. The molecule has 1 atom stereocenters. The molecule has 1 unspecified atom stereocenters. The van der Waals surface area contributed by atoms with Gasteiger partial charge in [-0.2, -0.15) is 0 Å². The summed E-state index contributed by atoms with van der Waals surface area (Å²) in [6.07, 6.45) is 2.54. The number of carbonyl (C=O) groups is 1. The Hall–Kier alpha value is -2.77. The molecule has 1 saturated heterocycles. The first-order chi connectivity index (χ1) is 12.9. The fraction of sp³-hybridized carbons (Fsp3) is 0.368. The van der Waals surface area contributed by atoms with Gasteiger partial charge in [-0.3, -0.25) is 4.98 Å². The number of alkyl halides is 2. The van der Waals surface area contributed by atoms with E-state index in [1.807, 2.05) is 0 Å². The molecule has 5 nitrogen and oxygen atoms in total. The SMILES string of the molecule is O=C(OCc1ccc(F)cc1)N1CCC(CNc2ccncc2)C(F)(F)C1. The van der Waals surface area contributed by atoms with Gasteiger partial charge in [0.15, 0.2) is 0 Å². The predicted octanol–water partition coefficient (Wildman–Crippen LogP) is 3.93. The third-order valence-corrected chi connectivity index (χ3v) is 4.51. The van der Waals surface area contributed by atoms with Crippen LogP contribution in [0.2, 0.25) is 0 Å². The van der Waals surface area contributed by atoms with E-state index >= 15 is 0 Å². The fourth-order valence-electron chi connectivity index (χ4n) is 2.92. The third kappa shape index (κ3) is 5.12. The van der Waals surface area contributed by atoms with Gasteiger partial charge in [-0.15, -0.1) is 0 Å². The normalized spacial score (nSPS) is 18.8. The molecule has 1 aliphatic rings. The maximum Gasteiger partial charge on any atom is 0.410 e. The van der Waals surface area contributed by atoms with Gasteiger partial charge in [0.2, 0.25) is 0 Å². The van der Waals surface area contributed by atoms with Crippen LogP contribution in [0, 0.1) is 11.7 Å². The first-order valence-corrected chi connectivity index (χ1v) is 8.62. The van der Waals surface area contributed by atoms with Crippen LogP contribution < -0.4 is 5.32 Å². The zero-order valence-electron chi connectivity index (χ0n) is 14.6. The summed E-state index contributed by atoms with van der Waals surface area (Å²) >= 11 is 0. The molecular formula is C19H20F3N3O2. The molecule has 1 N–H and O–H groups in total. The summed E-state index contributed by atoms with van der Waals surface area (Å²) in [6, 6.07) is 8.87. The van der Waals surface area contributed by atoms with Crippen molar-refractivity contribution in [3.05, 3.63) is 60.2 Å². The third-order valence-electron chi connectivity index (χ3n) is 4.51. The summed E-state index contributed by atoms with van der Waals surface area (Å²) in [5.41, 5.74) is 1.31. The van der Waals surface area contributed by atoms with Crippen LogP contribution in [0.15, 0.2) is 48.8 Å². The maximum absolute atomic E-state index is 14.4. The number of rotatable bonds is 5. The van der Waals surface area contributed by atoms with Crippen LogP contribution in [0.4, 0.5) is 23.7 Å². The summed E-state index contributed by atoms with van der Waals surface area (Å²) in [5.74, 6) is -4.30. The van der Waals surface area contributed by atoms with Crippen molar-refractivity contribution in [1.29, 1.82) is 0 Å². The summed E-state index contributed by atoms with van der Waals surface area (Å²) in [7, 11) is 0. The van der Waals surface area contributed by atoms with Crippen LogP contribution in [0.1, 0.15) is 12.0 Å². The number of piperidine rings is 1. The van der Waals surface area contributed by atoms with Gasteiger partial charge in [0.1, 0.15) is 12.4 Å². The Morgan fingerprint density at radius 3 is 2.59 bits per heavy atom. The largest absolute Gasteiger partial charge is 0.445 e. The molecule has 3 rings (SSSR count). The summed E-state index contributed by atoms with van der Waals surface area (Å²) in [6.45, 7) is -0.470. The van der Waals surface area contributed by atoms with Gasteiger partial charge in [0, 0.05) is 37.1 Å². The highest BCUT2D eigenvalue weighted by Gasteiger charge is 2.46. The molecule has 0 aliphatic carbocycles. The first kappa shape index (κ1) is 19.0.